The summed E-state index contributed by atoms with van der Waals surface area (Å²) >= 11 is 0. The first-order valence-electron chi connectivity index (χ1n) is 9.30. The fourth-order valence-electron chi connectivity index (χ4n) is 4.15. The molecule has 2 atom stereocenters. The smallest absolute Gasteiger partial charge is 0.255 e. The highest BCUT2D eigenvalue weighted by Crippen LogP contribution is 2.30. The molecule has 144 valence electrons. The Morgan fingerprint density at radius 3 is 2.85 bits per heavy atom. The van der Waals surface area contributed by atoms with Crippen LogP contribution in [0.4, 0.5) is 4.39 Å². The van der Waals surface area contributed by atoms with E-state index in [0.29, 0.717) is 31.6 Å². The summed E-state index contributed by atoms with van der Waals surface area (Å²) < 4.78 is 13.5. The number of amides is 3. The van der Waals surface area contributed by atoms with Gasteiger partial charge in [-0.15, -0.1) is 0 Å². The topological polar surface area (TPSA) is 90.5 Å². The van der Waals surface area contributed by atoms with E-state index in [0.717, 1.165) is 24.1 Å². The Bertz CT molecular complexity index is 791. The first-order valence-corrected chi connectivity index (χ1v) is 9.30. The highest BCUT2D eigenvalue weighted by molar-refractivity contribution is 6.05. The van der Waals surface area contributed by atoms with Crippen LogP contribution in [0.1, 0.15) is 40.7 Å². The molecule has 3 aliphatic rings. The van der Waals surface area contributed by atoms with Crippen LogP contribution in [0.25, 0.3) is 0 Å². The maximum absolute atomic E-state index is 13.5. The van der Waals surface area contributed by atoms with E-state index in [9.17, 15) is 18.8 Å². The molecule has 2 unspecified atom stereocenters. The lowest BCUT2D eigenvalue weighted by Gasteiger charge is -2.29. The molecule has 3 amide bonds. The minimum absolute atomic E-state index is 0.191. The highest BCUT2D eigenvalue weighted by Gasteiger charge is 2.40. The highest BCUT2D eigenvalue weighted by atomic mass is 19.1. The number of alkyl halides is 1. The van der Waals surface area contributed by atoms with Crippen molar-refractivity contribution in [1.29, 1.82) is 0 Å². The SMILES string of the molecule is O=C1CCC(N2Cc3c(CNC4(CF)CCNC4)cccc3C2=O)C(=O)N1. The van der Waals surface area contributed by atoms with Gasteiger partial charge in [0.25, 0.3) is 5.91 Å². The molecule has 0 bridgehead atoms. The maximum atomic E-state index is 13.5. The van der Waals surface area contributed by atoms with Crippen LogP contribution >= 0.6 is 0 Å². The molecule has 2 saturated heterocycles. The van der Waals surface area contributed by atoms with Crippen molar-refractivity contribution in [3.8, 4) is 0 Å². The van der Waals surface area contributed by atoms with Gasteiger partial charge in [-0.2, -0.15) is 0 Å². The Morgan fingerprint density at radius 2 is 2.15 bits per heavy atom. The van der Waals surface area contributed by atoms with Crippen molar-refractivity contribution in [2.24, 2.45) is 0 Å². The number of rotatable bonds is 5. The zero-order valence-corrected chi connectivity index (χ0v) is 15.0. The minimum atomic E-state index is -0.625. The third-order valence-corrected chi connectivity index (χ3v) is 5.83. The molecule has 1 aromatic carbocycles. The Morgan fingerprint density at radius 1 is 1.30 bits per heavy atom. The van der Waals surface area contributed by atoms with Crippen molar-refractivity contribution < 1.29 is 18.8 Å². The molecule has 0 spiro atoms. The van der Waals surface area contributed by atoms with Gasteiger partial charge in [-0.25, -0.2) is 4.39 Å². The van der Waals surface area contributed by atoms with E-state index in [1.54, 1.807) is 6.07 Å². The summed E-state index contributed by atoms with van der Waals surface area (Å²) in [6, 6.07) is 4.88. The van der Waals surface area contributed by atoms with Gasteiger partial charge in [-0.05, 0) is 36.6 Å². The largest absolute Gasteiger partial charge is 0.322 e. The summed E-state index contributed by atoms with van der Waals surface area (Å²) in [6.45, 7) is 1.71. The van der Waals surface area contributed by atoms with Crippen LogP contribution in [0.5, 0.6) is 0 Å². The molecular weight excluding hydrogens is 351 g/mol. The molecule has 0 aliphatic carbocycles. The van der Waals surface area contributed by atoms with Gasteiger partial charge in [0.15, 0.2) is 0 Å². The van der Waals surface area contributed by atoms with Crippen LogP contribution in [-0.2, 0) is 22.7 Å². The predicted octanol–water partition coefficient (Wildman–Crippen LogP) is 0.239. The zero-order valence-electron chi connectivity index (χ0n) is 15.0. The lowest BCUT2D eigenvalue weighted by Crippen LogP contribution is -2.52. The second-order valence-corrected chi connectivity index (χ2v) is 7.54. The van der Waals surface area contributed by atoms with Gasteiger partial charge in [-0.1, -0.05) is 12.1 Å². The Kier molecular flexibility index (Phi) is 4.69. The Balaban J connectivity index is 1.52. The molecular formula is C19H23FN4O3. The van der Waals surface area contributed by atoms with E-state index in [-0.39, 0.29) is 18.2 Å². The van der Waals surface area contributed by atoms with Crippen LogP contribution < -0.4 is 16.0 Å². The van der Waals surface area contributed by atoms with Crippen molar-refractivity contribution in [2.75, 3.05) is 19.8 Å². The summed E-state index contributed by atoms with van der Waals surface area (Å²) in [4.78, 5) is 37.9. The summed E-state index contributed by atoms with van der Waals surface area (Å²) in [5, 5.41) is 8.82. The van der Waals surface area contributed by atoms with Crippen LogP contribution in [0.15, 0.2) is 18.2 Å². The van der Waals surface area contributed by atoms with E-state index in [4.69, 9.17) is 0 Å². The maximum Gasteiger partial charge on any atom is 0.255 e. The van der Waals surface area contributed by atoms with E-state index < -0.39 is 24.2 Å². The number of imide groups is 1. The molecule has 27 heavy (non-hydrogen) atoms. The van der Waals surface area contributed by atoms with Crippen LogP contribution in [0.2, 0.25) is 0 Å². The number of hydrogen-bond acceptors (Lipinski definition) is 5. The quantitative estimate of drug-likeness (QED) is 0.643. The number of fused-ring (bicyclic) bond motifs is 1. The molecule has 2 fully saturated rings. The van der Waals surface area contributed by atoms with Crippen molar-refractivity contribution >= 4 is 17.7 Å². The fraction of sp³-hybridized carbons (Fsp3) is 0.526. The average Bonchev–Trinajstić information content (AvgIpc) is 3.26. The van der Waals surface area contributed by atoms with Crippen molar-refractivity contribution in [3.05, 3.63) is 34.9 Å². The lowest BCUT2D eigenvalue weighted by atomic mass is 9.98. The number of nitrogens with zero attached hydrogens (tertiary/aromatic N) is 1. The number of piperidine rings is 1. The minimum Gasteiger partial charge on any atom is -0.322 e. The van der Waals surface area contributed by atoms with Crippen LogP contribution in [0, 0.1) is 0 Å². The molecule has 8 heteroatoms. The lowest BCUT2D eigenvalue weighted by molar-refractivity contribution is -0.136. The van der Waals surface area contributed by atoms with Crippen molar-refractivity contribution in [1.82, 2.24) is 20.9 Å². The first kappa shape index (κ1) is 18.1. The normalized spacial score (nSPS) is 27.8. The number of benzene rings is 1. The Hall–Kier alpha value is -2.32. The van der Waals surface area contributed by atoms with E-state index >= 15 is 0 Å². The zero-order chi connectivity index (χ0) is 19.0. The third-order valence-electron chi connectivity index (χ3n) is 5.83. The standard InChI is InChI=1S/C19H23FN4O3/c20-10-19(6-7-21-11-19)22-8-12-2-1-3-13-14(12)9-24(18(13)27)15-4-5-16(25)23-17(15)26/h1-3,15,21-22H,4-11H2,(H,23,25,26). The molecule has 7 nitrogen and oxygen atoms in total. The molecule has 1 aromatic rings. The van der Waals surface area contributed by atoms with Crippen molar-refractivity contribution in [2.45, 2.75) is 43.9 Å². The molecule has 0 aromatic heterocycles. The monoisotopic (exact) mass is 374 g/mol. The number of carbonyl (C=O) groups is 3. The van der Waals surface area contributed by atoms with Crippen LogP contribution in [-0.4, -0.2) is 54.0 Å². The van der Waals surface area contributed by atoms with Gasteiger partial charge in [0.1, 0.15) is 12.7 Å². The van der Waals surface area contributed by atoms with Crippen LogP contribution in [0.3, 0.4) is 0 Å². The summed E-state index contributed by atoms with van der Waals surface area (Å²) in [5.74, 6) is -0.906. The number of hydrogen-bond donors (Lipinski definition) is 3. The number of carbonyl (C=O) groups excluding carboxylic acids is 3. The van der Waals surface area contributed by atoms with Gasteiger partial charge in [0.05, 0.1) is 5.54 Å². The molecule has 3 N–H and O–H groups in total. The van der Waals surface area contributed by atoms with Crippen molar-refractivity contribution in [3.63, 3.8) is 0 Å². The fourth-order valence-corrected chi connectivity index (χ4v) is 4.15. The predicted molar refractivity (Wildman–Crippen MR) is 95.5 cm³/mol. The molecule has 0 saturated carbocycles. The molecule has 4 rings (SSSR count). The third kappa shape index (κ3) is 3.23. The summed E-state index contributed by atoms with van der Waals surface area (Å²) in [6.07, 6.45) is 1.30. The second-order valence-electron chi connectivity index (χ2n) is 7.54. The molecule has 0 radical (unpaired) electrons. The van der Waals surface area contributed by atoms with Gasteiger partial charge >= 0.3 is 0 Å². The van der Waals surface area contributed by atoms with Gasteiger partial charge in [0.2, 0.25) is 11.8 Å². The average molecular weight is 374 g/mol. The van der Waals surface area contributed by atoms with E-state index in [2.05, 4.69) is 16.0 Å². The van der Waals surface area contributed by atoms with Gasteiger partial charge < -0.3 is 15.5 Å². The number of halogens is 1. The molecule has 3 aliphatic heterocycles. The molecule has 3 heterocycles. The Labute approximate surface area is 156 Å². The van der Waals surface area contributed by atoms with E-state index in [1.165, 1.54) is 4.90 Å². The first-order chi connectivity index (χ1) is 13.0. The second kappa shape index (κ2) is 7.01. The summed E-state index contributed by atoms with van der Waals surface area (Å²) in [7, 11) is 0. The number of nitrogens with one attached hydrogen (secondary N) is 3. The summed E-state index contributed by atoms with van der Waals surface area (Å²) in [5.41, 5.74) is 1.84. The van der Waals surface area contributed by atoms with E-state index in [1.807, 2.05) is 12.1 Å². The van der Waals surface area contributed by atoms with Gasteiger partial charge in [-0.3, -0.25) is 19.7 Å². The van der Waals surface area contributed by atoms with Gasteiger partial charge in [0, 0.05) is 31.6 Å².